The number of nitrogens with one attached hydrogen (secondary N) is 3. The molecule has 6 rings (SSSR count). The Morgan fingerprint density at radius 3 is 2.57 bits per heavy atom. The Labute approximate surface area is 214 Å². The van der Waals surface area contributed by atoms with Gasteiger partial charge in [-0.05, 0) is 49.3 Å². The number of H-pyrrole nitrogens is 1. The van der Waals surface area contributed by atoms with Crippen molar-refractivity contribution in [3.63, 3.8) is 0 Å². The number of aromatic nitrogens is 2. The first-order valence-electron chi connectivity index (χ1n) is 12.9. The smallest absolute Gasteiger partial charge is 0.273 e. The van der Waals surface area contributed by atoms with Crippen LogP contribution in [0.2, 0.25) is 0 Å². The van der Waals surface area contributed by atoms with E-state index in [1.807, 2.05) is 42.5 Å². The molecular formula is C29H30N4O4. The lowest BCUT2D eigenvalue weighted by Crippen LogP contribution is -2.45. The Hall–Kier alpha value is -3.91. The van der Waals surface area contributed by atoms with Crippen LogP contribution in [0.1, 0.15) is 51.5 Å². The summed E-state index contributed by atoms with van der Waals surface area (Å²) in [5, 5.41) is 21.8. The van der Waals surface area contributed by atoms with E-state index >= 15 is 0 Å². The van der Waals surface area contributed by atoms with E-state index in [-0.39, 0.29) is 24.4 Å². The van der Waals surface area contributed by atoms with Crippen molar-refractivity contribution in [1.82, 2.24) is 20.8 Å². The van der Waals surface area contributed by atoms with Crippen LogP contribution in [0.25, 0.3) is 10.9 Å². The van der Waals surface area contributed by atoms with Gasteiger partial charge >= 0.3 is 0 Å². The van der Waals surface area contributed by atoms with Crippen molar-refractivity contribution < 1.29 is 19.2 Å². The van der Waals surface area contributed by atoms with E-state index < -0.39 is 12.0 Å². The zero-order valence-corrected chi connectivity index (χ0v) is 20.5. The van der Waals surface area contributed by atoms with E-state index in [9.17, 15) is 14.7 Å². The first-order valence-corrected chi connectivity index (χ1v) is 12.9. The summed E-state index contributed by atoms with van der Waals surface area (Å²) in [4.78, 5) is 29.4. The average molecular weight is 499 g/mol. The van der Waals surface area contributed by atoms with Crippen molar-refractivity contribution in [2.45, 2.75) is 63.1 Å². The van der Waals surface area contributed by atoms with Gasteiger partial charge in [0.25, 0.3) is 5.91 Å². The van der Waals surface area contributed by atoms with Crippen LogP contribution in [0, 0.1) is 0 Å². The van der Waals surface area contributed by atoms with Gasteiger partial charge in [0, 0.05) is 47.1 Å². The molecular weight excluding hydrogens is 468 g/mol. The SMILES string of the molecule is O=C(N[C@@H]1CCc2[nH]c3ccccc3c2C1)c1noc2c1CC(NC(=O)[C@H](O)Cc1ccccc1)CC2. The zero-order valence-electron chi connectivity index (χ0n) is 20.5. The number of aliphatic hydroxyl groups excluding tert-OH is 1. The fourth-order valence-corrected chi connectivity index (χ4v) is 5.68. The number of hydrogen-bond acceptors (Lipinski definition) is 5. The molecule has 4 aromatic rings. The number of amides is 2. The minimum absolute atomic E-state index is 0.0128. The molecule has 4 N–H and O–H groups in total. The average Bonchev–Trinajstić information content (AvgIpc) is 3.50. The van der Waals surface area contributed by atoms with Crippen molar-refractivity contribution >= 4 is 22.7 Å². The van der Waals surface area contributed by atoms with Crippen LogP contribution in [-0.4, -0.2) is 45.2 Å². The van der Waals surface area contributed by atoms with Crippen LogP contribution in [0.5, 0.6) is 0 Å². The van der Waals surface area contributed by atoms with Gasteiger partial charge in [0.05, 0.1) is 0 Å². The van der Waals surface area contributed by atoms with Gasteiger partial charge < -0.3 is 25.2 Å². The lowest BCUT2D eigenvalue weighted by Gasteiger charge is -2.25. The maximum Gasteiger partial charge on any atom is 0.273 e. The van der Waals surface area contributed by atoms with Gasteiger partial charge in [0.15, 0.2) is 5.69 Å². The predicted octanol–water partition coefficient (Wildman–Crippen LogP) is 3.02. The van der Waals surface area contributed by atoms with E-state index in [0.717, 1.165) is 35.9 Å². The number of fused-ring (bicyclic) bond motifs is 4. The summed E-state index contributed by atoms with van der Waals surface area (Å²) in [6, 6.07) is 17.5. The van der Waals surface area contributed by atoms with Crippen molar-refractivity contribution in [2.75, 3.05) is 0 Å². The molecule has 0 fully saturated rings. The number of aliphatic hydroxyl groups is 1. The van der Waals surface area contributed by atoms with Crippen molar-refractivity contribution in [3.05, 3.63) is 88.4 Å². The number of aryl methyl sites for hydroxylation is 2. The van der Waals surface area contributed by atoms with E-state index in [0.29, 0.717) is 30.7 Å². The number of carbonyl (C=O) groups excluding carboxylic acids is 2. The second-order valence-corrected chi connectivity index (χ2v) is 10.1. The molecule has 0 radical (unpaired) electrons. The standard InChI is InChI=1S/C29H30N4O4/c34-25(14-17-6-2-1-3-7-17)28(35)30-19-11-13-26-22(16-19)27(33-37-26)29(36)31-18-10-12-24-21(15-18)20-8-4-5-9-23(20)32-24/h1-9,18-19,25,32,34H,10-16H2,(H,30,35)(H,31,36)/t18-,19?,25-/m1/s1. The minimum Gasteiger partial charge on any atom is -0.383 e. The number of nitrogens with zero attached hydrogens (tertiary/aromatic N) is 1. The van der Waals surface area contributed by atoms with Crippen molar-refractivity contribution in [2.24, 2.45) is 0 Å². The van der Waals surface area contributed by atoms with Crippen LogP contribution < -0.4 is 10.6 Å². The molecule has 3 atom stereocenters. The lowest BCUT2D eigenvalue weighted by atomic mass is 9.90. The highest BCUT2D eigenvalue weighted by molar-refractivity contribution is 5.94. The maximum atomic E-state index is 13.2. The summed E-state index contributed by atoms with van der Waals surface area (Å²) in [5.41, 5.74) is 5.59. The van der Waals surface area contributed by atoms with Crippen LogP contribution >= 0.6 is 0 Å². The monoisotopic (exact) mass is 498 g/mol. The number of para-hydroxylation sites is 1. The quantitative estimate of drug-likeness (QED) is 0.326. The van der Waals surface area contributed by atoms with Gasteiger partial charge in [-0.25, -0.2) is 0 Å². The minimum atomic E-state index is -1.13. The summed E-state index contributed by atoms with van der Waals surface area (Å²) >= 11 is 0. The molecule has 0 spiro atoms. The van der Waals surface area contributed by atoms with Crippen molar-refractivity contribution in [3.8, 4) is 0 Å². The van der Waals surface area contributed by atoms with E-state index in [1.165, 1.54) is 16.6 Å². The molecule has 8 heteroatoms. The third kappa shape index (κ3) is 4.76. The highest BCUT2D eigenvalue weighted by Crippen LogP contribution is 2.30. The maximum absolute atomic E-state index is 13.2. The van der Waals surface area contributed by atoms with Gasteiger partial charge in [-0.2, -0.15) is 0 Å². The second kappa shape index (κ2) is 9.86. The molecule has 0 aliphatic heterocycles. The van der Waals surface area contributed by atoms with Crippen LogP contribution in [0.3, 0.4) is 0 Å². The third-order valence-corrected chi connectivity index (χ3v) is 7.61. The molecule has 2 aromatic carbocycles. The van der Waals surface area contributed by atoms with Gasteiger partial charge in [0.1, 0.15) is 11.9 Å². The molecule has 37 heavy (non-hydrogen) atoms. The van der Waals surface area contributed by atoms with Crippen LogP contribution in [0.15, 0.2) is 59.1 Å². The van der Waals surface area contributed by atoms with Gasteiger partial charge in [0.2, 0.25) is 5.91 Å². The molecule has 2 heterocycles. The summed E-state index contributed by atoms with van der Waals surface area (Å²) in [7, 11) is 0. The molecule has 1 unspecified atom stereocenters. The fourth-order valence-electron chi connectivity index (χ4n) is 5.68. The fraction of sp³-hybridized carbons (Fsp3) is 0.345. The summed E-state index contributed by atoms with van der Waals surface area (Å²) in [6.07, 6.45) is 3.32. The Kier molecular flexibility index (Phi) is 6.26. The number of hydrogen-bond donors (Lipinski definition) is 4. The van der Waals surface area contributed by atoms with Gasteiger partial charge in [-0.3, -0.25) is 9.59 Å². The number of benzene rings is 2. The van der Waals surface area contributed by atoms with Gasteiger partial charge in [-0.1, -0.05) is 53.7 Å². The molecule has 0 saturated heterocycles. The molecule has 2 aromatic heterocycles. The highest BCUT2D eigenvalue weighted by Gasteiger charge is 2.32. The summed E-state index contributed by atoms with van der Waals surface area (Å²) in [5.74, 6) is 0.0499. The topological polar surface area (TPSA) is 120 Å². The number of aromatic amines is 1. The largest absolute Gasteiger partial charge is 0.383 e. The zero-order chi connectivity index (χ0) is 25.4. The molecule has 0 saturated carbocycles. The normalized spacial score (nSPS) is 19.6. The van der Waals surface area contributed by atoms with E-state index in [4.69, 9.17) is 4.52 Å². The van der Waals surface area contributed by atoms with Crippen LogP contribution in [0.4, 0.5) is 0 Å². The lowest BCUT2D eigenvalue weighted by molar-refractivity contribution is -0.130. The predicted molar refractivity (Wildman–Crippen MR) is 138 cm³/mol. The first-order chi connectivity index (χ1) is 18.0. The number of rotatable bonds is 6. The Bertz CT molecular complexity index is 1440. The Morgan fingerprint density at radius 2 is 1.70 bits per heavy atom. The van der Waals surface area contributed by atoms with E-state index in [2.05, 4.69) is 32.9 Å². The third-order valence-electron chi connectivity index (χ3n) is 7.61. The Morgan fingerprint density at radius 1 is 0.973 bits per heavy atom. The van der Waals surface area contributed by atoms with Crippen molar-refractivity contribution in [1.29, 1.82) is 0 Å². The molecule has 8 nitrogen and oxygen atoms in total. The molecule has 0 bridgehead atoms. The molecule has 2 amide bonds. The first kappa shape index (κ1) is 23.5. The molecule has 2 aliphatic rings. The highest BCUT2D eigenvalue weighted by atomic mass is 16.5. The van der Waals surface area contributed by atoms with Crippen LogP contribution in [-0.2, 0) is 36.9 Å². The number of carbonyl (C=O) groups is 2. The molecule has 190 valence electrons. The second-order valence-electron chi connectivity index (χ2n) is 10.1. The Balaban J connectivity index is 1.09. The van der Waals surface area contributed by atoms with E-state index in [1.54, 1.807) is 0 Å². The summed E-state index contributed by atoms with van der Waals surface area (Å²) < 4.78 is 5.50. The van der Waals surface area contributed by atoms with Gasteiger partial charge in [-0.15, -0.1) is 0 Å². The summed E-state index contributed by atoms with van der Waals surface area (Å²) in [6.45, 7) is 0. The molecule has 2 aliphatic carbocycles.